The fourth-order valence-electron chi connectivity index (χ4n) is 2.77. The number of hydrogen-bond donors (Lipinski definition) is 2. The molecule has 0 saturated carbocycles. The minimum Gasteiger partial charge on any atom is -0.481 e. The molecule has 1 aliphatic carbocycles. The smallest absolute Gasteiger partial charge is 0.260 e. The number of amides is 1. The summed E-state index contributed by atoms with van der Waals surface area (Å²) in [7, 11) is 0. The highest BCUT2D eigenvalue weighted by Gasteiger charge is 2.21. The van der Waals surface area contributed by atoms with Crippen LogP contribution in [-0.4, -0.2) is 18.1 Å². The second-order valence-electron chi connectivity index (χ2n) is 5.79. The maximum atomic E-state index is 12.1. The first-order valence-corrected chi connectivity index (χ1v) is 7.90. The SMILES string of the molecule is CCC(CC)NC(=O)C(C)Oc1ccc2c(c1)CC[C@@H]2N. The topological polar surface area (TPSA) is 64.3 Å². The average molecular weight is 290 g/mol. The van der Waals surface area contributed by atoms with Gasteiger partial charge in [0.2, 0.25) is 0 Å². The van der Waals surface area contributed by atoms with Crippen molar-refractivity contribution < 1.29 is 9.53 Å². The van der Waals surface area contributed by atoms with Gasteiger partial charge in [0.25, 0.3) is 5.91 Å². The van der Waals surface area contributed by atoms with Crippen LogP contribution in [0.1, 0.15) is 57.2 Å². The van der Waals surface area contributed by atoms with E-state index in [1.807, 2.05) is 18.2 Å². The maximum absolute atomic E-state index is 12.1. The largest absolute Gasteiger partial charge is 0.481 e. The summed E-state index contributed by atoms with van der Waals surface area (Å²) < 4.78 is 5.77. The second-order valence-corrected chi connectivity index (χ2v) is 5.79. The first-order chi connectivity index (χ1) is 10.0. The summed E-state index contributed by atoms with van der Waals surface area (Å²) in [5.41, 5.74) is 8.47. The molecular formula is C17H26N2O2. The van der Waals surface area contributed by atoms with E-state index >= 15 is 0 Å². The van der Waals surface area contributed by atoms with Gasteiger partial charge in [-0.3, -0.25) is 4.79 Å². The molecule has 0 bridgehead atoms. The zero-order chi connectivity index (χ0) is 15.4. The van der Waals surface area contributed by atoms with Crippen LogP contribution in [0.15, 0.2) is 18.2 Å². The van der Waals surface area contributed by atoms with E-state index in [0.717, 1.165) is 31.4 Å². The van der Waals surface area contributed by atoms with Gasteiger partial charge in [-0.05, 0) is 55.9 Å². The van der Waals surface area contributed by atoms with Gasteiger partial charge in [0.05, 0.1) is 0 Å². The molecule has 3 N–H and O–H groups in total. The third-order valence-corrected chi connectivity index (χ3v) is 4.25. The van der Waals surface area contributed by atoms with Crippen LogP contribution in [0.4, 0.5) is 0 Å². The molecule has 1 aromatic rings. The van der Waals surface area contributed by atoms with Crippen molar-refractivity contribution >= 4 is 5.91 Å². The van der Waals surface area contributed by atoms with Gasteiger partial charge in [-0.25, -0.2) is 0 Å². The van der Waals surface area contributed by atoms with Crippen LogP contribution in [0, 0.1) is 0 Å². The Hall–Kier alpha value is -1.55. The Kier molecular flexibility index (Phi) is 5.23. The van der Waals surface area contributed by atoms with E-state index in [9.17, 15) is 4.79 Å². The third-order valence-electron chi connectivity index (χ3n) is 4.25. The second kappa shape index (κ2) is 6.94. The predicted octanol–water partition coefficient (Wildman–Crippen LogP) is 2.70. The Morgan fingerprint density at radius 2 is 2.14 bits per heavy atom. The number of benzene rings is 1. The zero-order valence-corrected chi connectivity index (χ0v) is 13.2. The molecule has 116 valence electrons. The molecule has 4 nitrogen and oxygen atoms in total. The summed E-state index contributed by atoms with van der Waals surface area (Å²) in [6.07, 6.45) is 3.36. The molecule has 2 atom stereocenters. The lowest BCUT2D eigenvalue weighted by atomic mass is 10.1. The van der Waals surface area contributed by atoms with Crippen LogP contribution in [0.2, 0.25) is 0 Å². The number of rotatable bonds is 6. The van der Waals surface area contributed by atoms with E-state index in [0.29, 0.717) is 0 Å². The lowest BCUT2D eigenvalue weighted by Crippen LogP contribution is -2.42. The quantitative estimate of drug-likeness (QED) is 0.846. The molecule has 1 unspecified atom stereocenters. The van der Waals surface area contributed by atoms with Gasteiger partial charge in [0.1, 0.15) is 5.75 Å². The number of aryl methyl sites for hydroxylation is 1. The number of carbonyl (C=O) groups is 1. The van der Waals surface area contributed by atoms with Crippen LogP contribution >= 0.6 is 0 Å². The molecule has 0 saturated heterocycles. The standard InChI is InChI=1S/C17H26N2O2/c1-4-13(5-2)19-17(20)11(3)21-14-7-8-15-12(10-14)6-9-16(15)18/h7-8,10-11,13,16H,4-6,9,18H2,1-3H3,(H,19,20)/t11?,16-/m0/s1. The normalized spacial score (nSPS) is 18.4. The summed E-state index contributed by atoms with van der Waals surface area (Å²) in [4.78, 5) is 12.1. The molecule has 21 heavy (non-hydrogen) atoms. The van der Waals surface area contributed by atoms with Crippen LogP contribution in [0.25, 0.3) is 0 Å². The molecule has 0 aliphatic heterocycles. The Labute approximate surface area is 127 Å². The zero-order valence-electron chi connectivity index (χ0n) is 13.2. The summed E-state index contributed by atoms with van der Waals surface area (Å²) in [5, 5.41) is 3.01. The monoisotopic (exact) mass is 290 g/mol. The number of nitrogens with one attached hydrogen (secondary N) is 1. The van der Waals surface area contributed by atoms with Gasteiger partial charge in [0, 0.05) is 12.1 Å². The van der Waals surface area contributed by atoms with E-state index in [-0.39, 0.29) is 18.0 Å². The summed E-state index contributed by atoms with van der Waals surface area (Å²) in [5.74, 6) is 0.691. The summed E-state index contributed by atoms with van der Waals surface area (Å²) in [6, 6.07) is 6.31. The van der Waals surface area contributed by atoms with Crippen molar-refractivity contribution in [1.82, 2.24) is 5.32 Å². The Balaban J connectivity index is 1.96. The molecule has 1 aliphatic rings. The van der Waals surface area contributed by atoms with Gasteiger partial charge in [0.15, 0.2) is 6.10 Å². The van der Waals surface area contributed by atoms with Gasteiger partial charge in [-0.15, -0.1) is 0 Å². The van der Waals surface area contributed by atoms with Crippen LogP contribution in [0.3, 0.4) is 0 Å². The maximum Gasteiger partial charge on any atom is 0.260 e. The van der Waals surface area contributed by atoms with Crippen molar-refractivity contribution in [2.45, 2.75) is 64.6 Å². The first kappa shape index (κ1) is 15.8. The highest BCUT2D eigenvalue weighted by atomic mass is 16.5. The first-order valence-electron chi connectivity index (χ1n) is 7.90. The Morgan fingerprint density at radius 3 is 2.81 bits per heavy atom. The Bertz CT molecular complexity index is 498. The van der Waals surface area contributed by atoms with E-state index in [2.05, 4.69) is 19.2 Å². The molecule has 0 fully saturated rings. The van der Waals surface area contributed by atoms with Crippen molar-refractivity contribution in [2.24, 2.45) is 5.73 Å². The number of nitrogens with two attached hydrogens (primary N) is 1. The summed E-state index contributed by atoms with van der Waals surface area (Å²) >= 11 is 0. The van der Waals surface area contributed by atoms with Gasteiger partial charge >= 0.3 is 0 Å². The number of hydrogen-bond acceptors (Lipinski definition) is 3. The molecule has 0 heterocycles. The lowest BCUT2D eigenvalue weighted by Gasteiger charge is -2.20. The molecular weight excluding hydrogens is 264 g/mol. The van der Waals surface area contributed by atoms with Crippen LogP contribution in [0.5, 0.6) is 5.75 Å². The van der Waals surface area contributed by atoms with Crippen molar-refractivity contribution in [1.29, 1.82) is 0 Å². The molecule has 0 radical (unpaired) electrons. The molecule has 0 aromatic heterocycles. The third kappa shape index (κ3) is 3.76. The molecule has 0 spiro atoms. The van der Waals surface area contributed by atoms with Crippen molar-refractivity contribution in [2.75, 3.05) is 0 Å². The number of fused-ring (bicyclic) bond motifs is 1. The highest BCUT2D eigenvalue weighted by Crippen LogP contribution is 2.32. The van der Waals surface area contributed by atoms with Gasteiger partial charge < -0.3 is 15.8 Å². The number of carbonyl (C=O) groups excluding carboxylic acids is 1. The van der Waals surface area contributed by atoms with Crippen LogP contribution in [-0.2, 0) is 11.2 Å². The van der Waals surface area contributed by atoms with Gasteiger partial charge in [-0.1, -0.05) is 19.9 Å². The average Bonchev–Trinajstić information content (AvgIpc) is 2.85. The van der Waals surface area contributed by atoms with Crippen LogP contribution < -0.4 is 15.8 Å². The molecule has 1 amide bonds. The molecule has 1 aromatic carbocycles. The minimum atomic E-state index is -0.487. The van der Waals surface area contributed by atoms with Crippen molar-refractivity contribution in [3.8, 4) is 5.75 Å². The lowest BCUT2D eigenvalue weighted by molar-refractivity contribution is -0.128. The predicted molar refractivity (Wildman–Crippen MR) is 84.3 cm³/mol. The van der Waals surface area contributed by atoms with E-state index in [1.54, 1.807) is 6.92 Å². The summed E-state index contributed by atoms with van der Waals surface area (Å²) in [6.45, 7) is 5.93. The molecule has 4 heteroatoms. The van der Waals surface area contributed by atoms with Gasteiger partial charge in [-0.2, -0.15) is 0 Å². The van der Waals surface area contributed by atoms with Crippen molar-refractivity contribution in [3.63, 3.8) is 0 Å². The Morgan fingerprint density at radius 1 is 1.43 bits per heavy atom. The highest BCUT2D eigenvalue weighted by molar-refractivity contribution is 5.81. The van der Waals surface area contributed by atoms with E-state index in [1.165, 1.54) is 11.1 Å². The minimum absolute atomic E-state index is 0.0547. The van der Waals surface area contributed by atoms with E-state index < -0.39 is 6.10 Å². The number of ether oxygens (including phenoxy) is 1. The fraction of sp³-hybridized carbons (Fsp3) is 0.588. The molecule has 2 rings (SSSR count). The van der Waals surface area contributed by atoms with E-state index in [4.69, 9.17) is 10.5 Å². The van der Waals surface area contributed by atoms with Crippen molar-refractivity contribution in [3.05, 3.63) is 29.3 Å². The fourth-order valence-corrected chi connectivity index (χ4v) is 2.77.